The van der Waals surface area contributed by atoms with Gasteiger partial charge in [-0.2, -0.15) is 0 Å². The molecule has 0 radical (unpaired) electrons. The zero-order valence-electron chi connectivity index (χ0n) is 18.8. The van der Waals surface area contributed by atoms with Crippen molar-refractivity contribution in [3.8, 4) is 0 Å². The molecule has 2 amide bonds. The number of anilines is 1. The number of amides is 2. The fourth-order valence-corrected chi connectivity index (χ4v) is 4.14. The maximum atomic E-state index is 13.9. The van der Waals surface area contributed by atoms with E-state index >= 15 is 0 Å². The summed E-state index contributed by atoms with van der Waals surface area (Å²) in [6.07, 6.45) is 1.68. The monoisotopic (exact) mass is 467 g/mol. The molecule has 2 N–H and O–H groups in total. The van der Waals surface area contributed by atoms with Crippen molar-refractivity contribution in [2.45, 2.75) is 38.5 Å². The number of halogens is 1. The van der Waals surface area contributed by atoms with E-state index in [9.17, 15) is 14.0 Å². The van der Waals surface area contributed by atoms with Crippen molar-refractivity contribution in [2.24, 2.45) is 0 Å². The van der Waals surface area contributed by atoms with Crippen molar-refractivity contribution in [3.63, 3.8) is 0 Å². The number of hydrogen-bond acceptors (Lipinski definition) is 5. The Bertz CT molecular complexity index is 1160. The van der Waals surface area contributed by atoms with E-state index in [2.05, 4.69) is 27.4 Å². The van der Waals surface area contributed by atoms with E-state index in [0.717, 1.165) is 16.8 Å². The van der Waals surface area contributed by atoms with Crippen LogP contribution in [0, 0.1) is 19.7 Å². The van der Waals surface area contributed by atoms with Gasteiger partial charge in [0.15, 0.2) is 11.0 Å². The van der Waals surface area contributed by atoms with Crippen LogP contribution in [0.1, 0.15) is 40.3 Å². The van der Waals surface area contributed by atoms with Gasteiger partial charge in [-0.1, -0.05) is 36.0 Å². The van der Waals surface area contributed by atoms with Crippen LogP contribution in [-0.4, -0.2) is 32.3 Å². The molecule has 0 fully saturated rings. The topological polar surface area (TPSA) is 88.9 Å². The highest BCUT2D eigenvalue weighted by atomic mass is 32.2. The Morgan fingerprint density at radius 3 is 2.55 bits per heavy atom. The summed E-state index contributed by atoms with van der Waals surface area (Å²) in [6, 6.07) is 11.1. The minimum atomic E-state index is -0.596. The number of hydrogen-bond donors (Lipinski definition) is 2. The smallest absolute Gasteiger partial charge is 0.254 e. The first-order valence-electron chi connectivity index (χ1n) is 10.4. The summed E-state index contributed by atoms with van der Waals surface area (Å²) in [5.74, 6) is -0.688. The Kier molecular flexibility index (Phi) is 8.00. The summed E-state index contributed by atoms with van der Waals surface area (Å²) in [7, 11) is 0. The molecular formula is C24H26FN5O2S. The highest BCUT2D eigenvalue weighted by Gasteiger charge is 2.21. The predicted octanol–water partition coefficient (Wildman–Crippen LogP) is 4.44. The fraction of sp³-hybridized carbons (Fsp3) is 0.250. The third kappa shape index (κ3) is 6.29. The lowest BCUT2D eigenvalue weighted by Crippen LogP contribution is -2.29. The van der Waals surface area contributed by atoms with Crippen LogP contribution in [-0.2, 0) is 11.3 Å². The quantitative estimate of drug-likeness (QED) is 0.359. The Hall–Kier alpha value is -3.46. The Morgan fingerprint density at radius 2 is 1.88 bits per heavy atom. The lowest BCUT2D eigenvalue weighted by molar-refractivity contribution is -0.113. The summed E-state index contributed by atoms with van der Waals surface area (Å²) < 4.78 is 15.7. The molecule has 0 bridgehead atoms. The minimum Gasteiger partial charge on any atom is -0.342 e. The normalized spacial score (nSPS) is 11.6. The number of nitrogens with zero attached hydrogens (tertiary/aromatic N) is 3. The average molecular weight is 468 g/mol. The van der Waals surface area contributed by atoms with Crippen molar-refractivity contribution >= 4 is 29.3 Å². The van der Waals surface area contributed by atoms with Gasteiger partial charge in [-0.3, -0.25) is 9.59 Å². The number of nitrogens with one attached hydrogen (secondary N) is 2. The molecule has 2 aromatic carbocycles. The van der Waals surface area contributed by atoms with Crippen LogP contribution < -0.4 is 10.6 Å². The number of rotatable bonds is 9. The number of aromatic nitrogens is 3. The van der Waals surface area contributed by atoms with E-state index in [4.69, 9.17) is 0 Å². The van der Waals surface area contributed by atoms with Crippen LogP contribution in [0.15, 0.2) is 60.3 Å². The molecule has 0 aliphatic rings. The molecule has 7 nitrogen and oxygen atoms in total. The summed E-state index contributed by atoms with van der Waals surface area (Å²) in [5.41, 5.74) is 2.84. The van der Waals surface area contributed by atoms with Crippen molar-refractivity contribution in [1.29, 1.82) is 0 Å². The Morgan fingerprint density at radius 1 is 1.18 bits per heavy atom. The largest absolute Gasteiger partial charge is 0.342 e. The summed E-state index contributed by atoms with van der Waals surface area (Å²) in [4.78, 5) is 24.9. The molecule has 33 heavy (non-hydrogen) atoms. The summed E-state index contributed by atoms with van der Waals surface area (Å²) in [5, 5.41) is 14.5. The zero-order chi connectivity index (χ0) is 24.0. The van der Waals surface area contributed by atoms with E-state index in [-0.39, 0.29) is 17.2 Å². The van der Waals surface area contributed by atoms with E-state index < -0.39 is 17.8 Å². The lowest BCUT2D eigenvalue weighted by Gasteiger charge is -2.15. The molecular weight excluding hydrogens is 441 g/mol. The first kappa shape index (κ1) is 24.2. The van der Waals surface area contributed by atoms with Gasteiger partial charge in [-0.25, -0.2) is 4.39 Å². The molecule has 172 valence electrons. The molecule has 0 spiro atoms. The third-order valence-electron chi connectivity index (χ3n) is 4.75. The van der Waals surface area contributed by atoms with Gasteiger partial charge >= 0.3 is 0 Å². The molecule has 1 atom stereocenters. The van der Waals surface area contributed by atoms with E-state index in [1.165, 1.54) is 30.0 Å². The highest BCUT2D eigenvalue weighted by Crippen LogP contribution is 2.22. The number of thioether (sulfide) groups is 1. The molecule has 1 aromatic heterocycles. The summed E-state index contributed by atoms with van der Waals surface area (Å²) in [6.45, 7) is 9.84. The molecule has 0 saturated carbocycles. The van der Waals surface area contributed by atoms with Gasteiger partial charge in [-0.05, 0) is 56.2 Å². The van der Waals surface area contributed by atoms with Gasteiger partial charge in [0, 0.05) is 12.2 Å². The molecule has 0 saturated heterocycles. The van der Waals surface area contributed by atoms with Crippen LogP contribution in [0.2, 0.25) is 0 Å². The van der Waals surface area contributed by atoms with Crippen molar-refractivity contribution in [1.82, 2.24) is 20.1 Å². The first-order chi connectivity index (χ1) is 15.8. The maximum Gasteiger partial charge on any atom is 0.254 e. The van der Waals surface area contributed by atoms with E-state index in [0.29, 0.717) is 17.5 Å². The Balaban J connectivity index is 1.68. The Labute approximate surface area is 196 Å². The highest BCUT2D eigenvalue weighted by molar-refractivity contribution is 7.99. The maximum absolute atomic E-state index is 13.9. The van der Waals surface area contributed by atoms with Crippen LogP contribution in [0.3, 0.4) is 0 Å². The number of carbonyl (C=O) groups is 2. The van der Waals surface area contributed by atoms with Crippen LogP contribution in [0.25, 0.3) is 0 Å². The average Bonchev–Trinajstić information content (AvgIpc) is 3.14. The standard InChI is InChI=1S/C24H26FN5O2S/c1-5-10-30-22(17(4)26-23(32)19-8-6-7-9-20(19)25)28-29-24(30)33-14-21(31)27-18-12-15(2)11-16(3)13-18/h5-9,11-13,17H,1,10,14H2,2-4H3,(H,26,32)(H,27,31)/t17-/m1/s1. The first-order valence-corrected chi connectivity index (χ1v) is 11.4. The molecule has 1 heterocycles. The van der Waals surface area contributed by atoms with E-state index in [1.54, 1.807) is 23.6 Å². The predicted molar refractivity (Wildman–Crippen MR) is 128 cm³/mol. The van der Waals surface area contributed by atoms with Crippen molar-refractivity contribution in [2.75, 3.05) is 11.1 Å². The molecule has 0 unspecified atom stereocenters. The second-order valence-corrected chi connectivity index (χ2v) is 8.57. The molecule has 0 aliphatic carbocycles. The minimum absolute atomic E-state index is 0.0446. The van der Waals surface area contributed by atoms with Gasteiger partial charge < -0.3 is 15.2 Å². The molecule has 3 rings (SSSR count). The summed E-state index contributed by atoms with van der Waals surface area (Å²) >= 11 is 1.24. The van der Waals surface area contributed by atoms with Crippen LogP contribution in [0.5, 0.6) is 0 Å². The second-order valence-electron chi connectivity index (χ2n) is 7.63. The lowest BCUT2D eigenvalue weighted by atomic mass is 10.1. The number of benzene rings is 2. The van der Waals surface area contributed by atoms with E-state index in [1.807, 2.05) is 32.0 Å². The van der Waals surface area contributed by atoms with Crippen LogP contribution >= 0.6 is 11.8 Å². The van der Waals surface area contributed by atoms with Gasteiger partial charge in [-0.15, -0.1) is 16.8 Å². The number of carbonyl (C=O) groups excluding carboxylic acids is 2. The SMILES string of the molecule is C=CCn1c(SCC(=O)Nc2cc(C)cc(C)c2)nnc1[C@@H](C)NC(=O)c1ccccc1F. The van der Waals surface area contributed by atoms with Gasteiger partial charge in [0.25, 0.3) is 5.91 Å². The molecule has 3 aromatic rings. The third-order valence-corrected chi connectivity index (χ3v) is 5.72. The fourth-order valence-electron chi connectivity index (χ4n) is 3.39. The number of allylic oxidation sites excluding steroid dienone is 1. The van der Waals surface area contributed by atoms with Gasteiger partial charge in [0.05, 0.1) is 17.4 Å². The van der Waals surface area contributed by atoms with Crippen molar-refractivity contribution < 1.29 is 14.0 Å². The second kappa shape index (κ2) is 10.9. The number of aryl methyl sites for hydroxylation is 2. The zero-order valence-corrected chi connectivity index (χ0v) is 19.6. The van der Waals surface area contributed by atoms with Gasteiger partial charge in [0.2, 0.25) is 5.91 Å². The van der Waals surface area contributed by atoms with Crippen LogP contribution in [0.4, 0.5) is 10.1 Å². The van der Waals surface area contributed by atoms with Crippen molar-refractivity contribution in [3.05, 3.63) is 83.5 Å². The van der Waals surface area contributed by atoms with Gasteiger partial charge in [0.1, 0.15) is 5.82 Å². The molecule has 0 aliphatic heterocycles. The molecule has 9 heteroatoms.